The Bertz CT molecular complexity index is 181. The number of hydrogen-bond acceptors (Lipinski definition) is 4. The molecular formula is C15H34O4Si. The van der Waals surface area contributed by atoms with Crippen LogP contribution >= 0.6 is 0 Å². The predicted octanol–water partition coefficient (Wildman–Crippen LogP) is 3.95. The molecule has 4 nitrogen and oxygen atoms in total. The maximum absolute atomic E-state index is 5.96. The van der Waals surface area contributed by atoms with E-state index in [9.17, 15) is 0 Å². The van der Waals surface area contributed by atoms with Gasteiger partial charge in [0.05, 0.1) is 0 Å². The van der Waals surface area contributed by atoms with Crippen molar-refractivity contribution in [1.29, 1.82) is 0 Å². The molecule has 0 aromatic heterocycles. The minimum Gasteiger partial charge on any atom is -0.377 e. The first-order valence-corrected chi connectivity index (χ1v) is 10.2. The van der Waals surface area contributed by atoms with Gasteiger partial charge < -0.3 is 18.0 Å². The van der Waals surface area contributed by atoms with E-state index in [1.165, 1.54) is 12.8 Å². The molecule has 20 heavy (non-hydrogen) atoms. The number of unbranched alkanes of at least 4 members (excludes halogenated alkanes) is 2. The third-order valence-electron chi connectivity index (χ3n) is 2.75. The van der Waals surface area contributed by atoms with E-state index in [1.807, 2.05) is 0 Å². The van der Waals surface area contributed by atoms with Gasteiger partial charge in [0, 0.05) is 26.4 Å². The lowest BCUT2D eigenvalue weighted by atomic mass is 10.3. The Labute approximate surface area is 126 Å². The molecule has 0 aliphatic carbocycles. The Kier molecular flexibility index (Phi) is 14.1. The number of hydrogen-bond donors (Lipinski definition) is 0. The summed E-state index contributed by atoms with van der Waals surface area (Å²) in [5.74, 6) is 0. The molecule has 0 aromatic rings. The Morgan fingerprint density at radius 1 is 0.600 bits per heavy atom. The molecule has 0 amide bonds. The van der Waals surface area contributed by atoms with E-state index >= 15 is 0 Å². The van der Waals surface area contributed by atoms with Gasteiger partial charge in [0.2, 0.25) is 0 Å². The van der Waals surface area contributed by atoms with Gasteiger partial charge in [-0.25, -0.2) is 0 Å². The molecule has 0 spiro atoms. The fourth-order valence-corrected chi connectivity index (χ4v) is 4.11. The van der Waals surface area contributed by atoms with Crippen molar-refractivity contribution in [3.8, 4) is 0 Å². The smallest absolute Gasteiger partial charge is 0.377 e. The molecule has 0 atom stereocenters. The topological polar surface area (TPSA) is 36.9 Å². The molecule has 0 saturated heterocycles. The van der Waals surface area contributed by atoms with Crippen molar-refractivity contribution in [2.24, 2.45) is 0 Å². The maximum atomic E-state index is 5.96. The fourth-order valence-electron chi connectivity index (χ4n) is 1.67. The Hall–Kier alpha value is 0.0569. The second kappa shape index (κ2) is 14.0. The minimum atomic E-state index is -2.64. The van der Waals surface area contributed by atoms with Gasteiger partial charge in [0.25, 0.3) is 0 Å². The SMILES string of the molecule is CCCCCOC[Si](OCCC)(OCCC)OCCC. The van der Waals surface area contributed by atoms with Crippen LogP contribution in [0.15, 0.2) is 0 Å². The van der Waals surface area contributed by atoms with Gasteiger partial charge in [0.15, 0.2) is 0 Å². The number of ether oxygens (including phenoxy) is 1. The molecule has 0 saturated carbocycles. The first kappa shape index (κ1) is 20.1. The van der Waals surface area contributed by atoms with E-state index in [0.717, 1.165) is 32.3 Å². The molecule has 0 heterocycles. The average molecular weight is 307 g/mol. The van der Waals surface area contributed by atoms with Crippen LogP contribution in [0.25, 0.3) is 0 Å². The summed E-state index contributed by atoms with van der Waals surface area (Å²) in [7, 11) is -2.64. The molecule has 0 rings (SSSR count). The van der Waals surface area contributed by atoms with Gasteiger partial charge in [-0.2, -0.15) is 0 Å². The summed E-state index contributed by atoms with van der Waals surface area (Å²) in [5, 5.41) is 0. The van der Waals surface area contributed by atoms with Crippen molar-refractivity contribution >= 4 is 8.80 Å². The zero-order valence-electron chi connectivity index (χ0n) is 13.9. The summed E-state index contributed by atoms with van der Waals surface area (Å²) in [4.78, 5) is 0. The van der Waals surface area contributed by atoms with Crippen LogP contribution in [0.1, 0.15) is 66.2 Å². The third kappa shape index (κ3) is 9.88. The highest BCUT2D eigenvalue weighted by molar-refractivity contribution is 6.60. The van der Waals surface area contributed by atoms with E-state index in [4.69, 9.17) is 18.0 Å². The van der Waals surface area contributed by atoms with E-state index in [2.05, 4.69) is 27.7 Å². The van der Waals surface area contributed by atoms with Crippen molar-refractivity contribution in [3.05, 3.63) is 0 Å². The van der Waals surface area contributed by atoms with E-state index in [-0.39, 0.29) is 0 Å². The van der Waals surface area contributed by atoms with Gasteiger partial charge in [-0.15, -0.1) is 0 Å². The fraction of sp³-hybridized carbons (Fsp3) is 1.00. The quantitative estimate of drug-likeness (QED) is 0.339. The second-order valence-corrected chi connectivity index (χ2v) is 7.51. The summed E-state index contributed by atoms with van der Waals surface area (Å²) in [5.41, 5.74) is 0. The Morgan fingerprint density at radius 3 is 1.50 bits per heavy atom. The van der Waals surface area contributed by atoms with E-state index in [1.54, 1.807) is 0 Å². The molecule has 0 fully saturated rings. The van der Waals surface area contributed by atoms with Crippen LogP contribution in [0.3, 0.4) is 0 Å². The molecule has 0 aliphatic heterocycles. The standard InChI is InChI=1S/C15H34O4Si/c1-5-9-10-14-16-15-20(17-11-6-2,18-12-7-3)19-13-8-4/h5-15H2,1-4H3. The lowest BCUT2D eigenvalue weighted by Crippen LogP contribution is -2.51. The van der Waals surface area contributed by atoms with Gasteiger partial charge in [-0.3, -0.25) is 0 Å². The molecule has 0 unspecified atom stereocenters. The summed E-state index contributed by atoms with van der Waals surface area (Å²) < 4.78 is 23.7. The van der Waals surface area contributed by atoms with Crippen LogP contribution in [0, 0.1) is 0 Å². The molecule has 0 aliphatic rings. The van der Waals surface area contributed by atoms with Crippen LogP contribution in [0.4, 0.5) is 0 Å². The second-order valence-electron chi connectivity index (χ2n) is 4.99. The zero-order valence-corrected chi connectivity index (χ0v) is 14.9. The lowest BCUT2D eigenvalue weighted by molar-refractivity contribution is 0.0213. The molecule has 0 N–H and O–H groups in total. The molecule has 5 heteroatoms. The highest BCUT2D eigenvalue weighted by Gasteiger charge is 2.41. The van der Waals surface area contributed by atoms with Crippen LogP contribution in [0.5, 0.6) is 0 Å². The van der Waals surface area contributed by atoms with Gasteiger partial charge >= 0.3 is 8.80 Å². The first-order chi connectivity index (χ1) is 9.74. The Morgan fingerprint density at radius 2 is 1.10 bits per heavy atom. The average Bonchev–Trinajstić information content (AvgIpc) is 2.48. The summed E-state index contributed by atoms with van der Waals surface area (Å²) in [6.45, 7) is 11.3. The van der Waals surface area contributed by atoms with Crippen molar-refractivity contribution in [1.82, 2.24) is 0 Å². The van der Waals surface area contributed by atoms with E-state index < -0.39 is 8.80 Å². The van der Waals surface area contributed by atoms with Crippen molar-refractivity contribution in [3.63, 3.8) is 0 Å². The van der Waals surface area contributed by atoms with Crippen LogP contribution in [0.2, 0.25) is 0 Å². The molecular weight excluding hydrogens is 272 g/mol. The molecule has 0 bridgehead atoms. The van der Waals surface area contributed by atoms with Gasteiger partial charge in [-0.1, -0.05) is 40.5 Å². The Balaban J connectivity index is 4.34. The maximum Gasteiger partial charge on any atom is 0.528 e. The van der Waals surface area contributed by atoms with Crippen LogP contribution in [-0.4, -0.2) is 41.5 Å². The van der Waals surface area contributed by atoms with Gasteiger partial charge in [-0.05, 0) is 25.7 Å². The number of rotatable bonds is 15. The first-order valence-electron chi connectivity index (χ1n) is 8.24. The third-order valence-corrected chi connectivity index (χ3v) is 5.24. The lowest BCUT2D eigenvalue weighted by Gasteiger charge is -2.29. The minimum absolute atomic E-state index is 0.483. The van der Waals surface area contributed by atoms with Gasteiger partial charge in [0.1, 0.15) is 6.23 Å². The summed E-state index contributed by atoms with van der Waals surface area (Å²) >= 11 is 0. The zero-order chi connectivity index (χ0) is 15.1. The highest BCUT2D eigenvalue weighted by Crippen LogP contribution is 2.13. The molecule has 0 radical (unpaired) electrons. The van der Waals surface area contributed by atoms with Crippen LogP contribution in [-0.2, 0) is 18.0 Å². The monoisotopic (exact) mass is 306 g/mol. The summed E-state index contributed by atoms with van der Waals surface area (Å²) in [6.07, 6.45) is 6.89. The molecule has 122 valence electrons. The van der Waals surface area contributed by atoms with Crippen molar-refractivity contribution < 1.29 is 18.0 Å². The molecule has 0 aromatic carbocycles. The summed E-state index contributed by atoms with van der Waals surface area (Å²) in [6, 6.07) is 0. The van der Waals surface area contributed by atoms with E-state index in [0.29, 0.717) is 26.1 Å². The van der Waals surface area contributed by atoms with Crippen molar-refractivity contribution in [2.75, 3.05) is 32.7 Å². The van der Waals surface area contributed by atoms with Crippen LogP contribution < -0.4 is 0 Å². The normalized spacial score (nSPS) is 12.0. The highest BCUT2D eigenvalue weighted by atomic mass is 28.4. The predicted molar refractivity (Wildman–Crippen MR) is 84.8 cm³/mol. The van der Waals surface area contributed by atoms with Crippen molar-refractivity contribution in [2.45, 2.75) is 66.2 Å². The largest absolute Gasteiger partial charge is 0.528 e.